The molecule has 21 heavy (non-hydrogen) atoms. The van der Waals surface area contributed by atoms with Crippen LogP contribution in [-0.2, 0) is 4.74 Å². The first-order chi connectivity index (χ1) is 10.2. The normalized spacial score (nSPS) is 11.0. The van der Waals surface area contributed by atoms with Gasteiger partial charge in [0.05, 0.1) is 19.2 Å². The maximum Gasteiger partial charge on any atom is 0.338 e. The van der Waals surface area contributed by atoms with Crippen LogP contribution >= 0.6 is 0 Å². The average Bonchev–Trinajstić information content (AvgIpc) is 2.54. The second kappa shape index (κ2) is 7.24. The van der Waals surface area contributed by atoms with Crippen molar-refractivity contribution in [2.75, 3.05) is 19.0 Å². The van der Waals surface area contributed by atoms with Gasteiger partial charge in [-0.25, -0.2) is 14.7 Å². The summed E-state index contributed by atoms with van der Waals surface area (Å²) in [6.45, 7) is 2.18. The molecule has 1 N–H and O–H groups in total. The molecule has 0 saturated carbocycles. The lowest BCUT2D eigenvalue weighted by Crippen LogP contribution is -2.08. The lowest BCUT2D eigenvalue weighted by molar-refractivity contribution is -0.399. The van der Waals surface area contributed by atoms with Crippen LogP contribution in [0, 0.1) is 0 Å². The summed E-state index contributed by atoms with van der Waals surface area (Å²) in [7, 11) is 1.97. The molecule has 2 aromatic rings. The molecule has 2 aromatic carbocycles. The Morgan fingerprint density at radius 3 is 2.43 bits per heavy atom. The standard InChI is InChI=1S/C17H18N2O2/c1-3-21-17(20)14-9-11-15(12-10-14)18-13-19(2)16-7-5-4-6-8-16/h4-13H,3H2,1-2H3/p+1. The molecular formula is C17H19N2O2+. The number of nitrogens with one attached hydrogen (secondary N) is 1. The Balaban J connectivity index is 2.02. The van der Waals surface area contributed by atoms with Crippen molar-refractivity contribution in [3.8, 4) is 0 Å². The molecular weight excluding hydrogens is 264 g/mol. The summed E-state index contributed by atoms with van der Waals surface area (Å²) in [5.41, 5.74) is 2.55. The fraction of sp³-hybridized carbons (Fsp3) is 0.176. The summed E-state index contributed by atoms with van der Waals surface area (Å²) in [4.78, 5) is 11.5. The van der Waals surface area contributed by atoms with Crippen LogP contribution in [0.15, 0.2) is 54.6 Å². The number of rotatable bonds is 5. The zero-order chi connectivity index (χ0) is 15.1. The smallest absolute Gasteiger partial charge is 0.338 e. The van der Waals surface area contributed by atoms with Gasteiger partial charge >= 0.3 is 5.97 Å². The van der Waals surface area contributed by atoms with Crippen LogP contribution in [-0.4, -0.2) is 30.5 Å². The summed E-state index contributed by atoms with van der Waals surface area (Å²) in [6.07, 6.45) is 1.87. The van der Waals surface area contributed by atoms with E-state index in [9.17, 15) is 4.79 Å². The molecule has 0 heterocycles. The molecule has 0 aliphatic heterocycles. The van der Waals surface area contributed by atoms with Crippen molar-refractivity contribution in [1.82, 2.24) is 0 Å². The number of benzene rings is 2. The Morgan fingerprint density at radius 2 is 1.81 bits per heavy atom. The first-order valence-electron chi connectivity index (χ1n) is 6.85. The molecule has 0 fully saturated rings. The molecule has 0 aliphatic carbocycles. The Kier molecular flexibility index (Phi) is 5.10. The largest absolute Gasteiger partial charge is 0.462 e. The SMILES string of the molecule is CCOC(=O)c1ccc(NC=[N+](C)c2ccccc2)cc1. The number of esters is 1. The third-order valence-corrected chi connectivity index (χ3v) is 2.98. The van der Waals surface area contributed by atoms with Crippen LogP contribution in [0.5, 0.6) is 0 Å². The lowest BCUT2D eigenvalue weighted by Gasteiger charge is -2.02. The van der Waals surface area contributed by atoms with Crippen molar-refractivity contribution < 1.29 is 14.1 Å². The van der Waals surface area contributed by atoms with Crippen molar-refractivity contribution in [3.63, 3.8) is 0 Å². The fourth-order valence-corrected chi connectivity index (χ4v) is 1.83. The average molecular weight is 283 g/mol. The monoisotopic (exact) mass is 283 g/mol. The highest BCUT2D eigenvalue weighted by Gasteiger charge is 2.06. The molecule has 0 spiro atoms. The topological polar surface area (TPSA) is 41.3 Å². The summed E-state index contributed by atoms with van der Waals surface area (Å²) in [6, 6.07) is 17.2. The molecule has 0 amide bonds. The van der Waals surface area contributed by atoms with Gasteiger partial charge in [-0.1, -0.05) is 18.2 Å². The quantitative estimate of drug-likeness (QED) is 0.396. The zero-order valence-electron chi connectivity index (χ0n) is 12.2. The minimum Gasteiger partial charge on any atom is -0.462 e. The van der Waals surface area contributed by atoms with Crippen LogP contribution < -0.4 is 5.32 Å². The van der Waals surface area contributed by atoms with Gasteiger partial charge in [0.25, 0.3) is 0 Å². The first-order valence-corrected chi connectivity index (χ1v) is 6.85. The predicted molar refractivity (Wildman–Crippen MR) is 84.4 cm³/mol. The van der Waals surface area contributed by atoms with Crippen molar-refractivity contribution in [2.45, 2.75) is 6.92 Å². The molecule has 0 radical (unpaired) electrons. The minimum absolute atomic E-state index is 0.297. The second-order valence-electron chi connectivity index (χ2n) is 4.52. The van der Waals surface area contributed by atoms with Gasteiger partial charge in [0.2, 0.25) is 6.34 Å². The van der Waals surface area contributed by atoms with Gasteiger partial charge in [-0.05, 0) is 43.3 Å². The summed E-state index contributed by atoms with van der Waals surface area (Å²) >= 11 is 0. The molecule has 0 bridgehead atoms. The van der Waals surface area contributed by atoms with Gasteiger partial charge < -0.3 is 4.74 Å². The molecule has 108 valence electrons. The van der Waals surface area contributed by atoms with E-state index in [4.69, 9.17) is 4.74 Å². The molecule has 0 aromatic heterocycles. The highest BCUT2D eigenvalue weighted by atomic mass is 16.5. The lowest BCUT2D eigenvalue weighted by atomic mass is 10.2. The van der Waals surface area contributed by atoms with Crippen LogP contribution in [0.3, 0.4) is 0 Å². The van der Waals surface area contributed by atoms with Gasteiger partial charge in [0, 0.05) is 0 Å². The van der Waals surface area contributed by atoms with Crippen LogP contribution in [0.2, 0.25) is 0 Å². The van der Waals surface area contributed by atoms with Gasteiger partial charge in [-0.15, -0.1) is 0 Å². The molecule has 4 heteroatoms. The van der Waals surface area contributed by atoms with Gasteiger partial charge in [0.15, 0.2) is 0 Å². The van der Waals surface area contributed by atoms with E-state index in [-0.39, 0.29) is 5.97 Å². The zero-order valence-corrected chi connectivity index (χ0v) is 12.2. The molecule has 4 nitrogen and oxygen atoms in total. The van der Waals surface area contributed by atoms with E-state index >= 15 is 0 Å². The summed E-state index contributed by atoms with van der Waals surface area (Å²) < 4.78 is 6.93. The number of ether oxygens (including phenoxy) is 1. The number of carbonyl (C=O) groups excluding carboxylic acids is 1. The van der Waals surface area contributed by atoms with Crippen molar-refractivity contribution in [1.29, 1.82) is 0 Å². The molecule has 0 aliphatic rings. The third kappa shape index (κ3) is 4.18. The molecule has 2 rings (SSSR count). The van der Waals surface area contributed by atoms with E-state index in [1.165, 1.54) is 0 Å². The second-order valence-corrected chi connectivity index (χ2v) is 4.52. The van der Waals surface area contributed by atoms with Crippen LogP contribution in [0.1, 0.15) is 17.3 Å². The van der Waals surface area contributed by atoms with E-state index in [1.807, 2.05) is 60.4 Å². The Labute approximate surface area is 124 Å². The fourth-order valence-electron chi connectivity index (χ4n) is 1.83. The number of anilines is 1. The van der Waals surface area contributed by atoms with Gasteiger partial charge in [-0.2, -0.15) is 0 Å². The van der Waals surface area contributed by atoms with Gasteiger partial charge in [-0.3, -0.25) is 0 Å². The van der Waals surface area contributed by atoms with Crippen molar-refractivity contribution in [2.24, 2.45) is 0 Å². The highest BCUT2D eigenvalue weighted by Crippen LogP contribution is 2.11. The van der Waals surface area contributed by atoms with E-state index in [2.05, 4.69) is 5.32 Å². The minimum atomic E-state index is -0.297. The van der Waals surface area contributed by atoms with E-state index < -0.39 is 0 Å². The maximum absolute atomic E-state index is 11.5. The van der Waals surface area contributed by atoms with Gasteiger partial charge in [0.1, 0.15) is 11.4 Å². The van der Waals surface area contributed by atoms with E-state index in [0.717, 1.165) is 11.4 Å². The van der Waals surface area contributed by atoms with Crippen LogP contribution in [0.4, 0.5) is 11.4 Å². The highest BCUT2D eigenvalue weighted by molar-refractivity contribution is 5.90. The first kappa shape index (κ1) is 14.8. The van der Waals surface area contributed by atoms with E-state index in [0.29, 0.717) is 12.2 Å². The number of para-hydroxylation sites is 1. The molecule has 0 atom stereocenters. The van der Waals surface area contributed by atoms with Crippen molar-refractivity contribution >= 4 is 23.7 Å². The summed E-state index contributed by atoms with van der Waals surface area (Å²) in [5.74, 6) is -0.297. The molecule has 0 unspecified atom stereocenters. The van der Waals surface area contributed by atoms with Crippen LogP contribution in [0.25, 0.3) is 0 Å². The Bertz CT molecular complexity index is 619. The maximum atomic E-state index is 11.5. The number of hydrogen-bond donors (Lipinski definition) is 1. The summed E-state index contributed by atoms with van der Waals surface area (Å²) in [5, 5.41) is 3.19. The predicted octanol–water partition coefficient (Wildman–Crippen LogP) is 3.28. The number of hydrogen-bond acceptors (Lipinski definition) is 2. The Morgan fingerprint density at radius 1 is 1.14 bits per heavy atom. The Hall–Kier alpha value is -2.62. The number of carbonyl (C=O) groups is 1. The van der Waals surface area contributed by atoms with E-state index in [1.54, 1.807) is 19.1 Å². The van der Waals surface area contributed by atoms with Crippen molar-refractivity contribution in [3.05, 3.63) is 60.2 Å². The molecule has 0 saturated heterocycles. The number of nitrogens with zero attached hydrogens (tertiary/aromatic N) is 1. The third-order valence-electron chi connectivity index (χ3n) is 2.98.